The zero-order valence-electron chi connectivity index (χ0n) is 16.8. The lowest BCUT2D eigenvalue weighted by Crippen LogP contribution is -2.41. The Morgan fingerprint density at radius 1 is 1.07 bits per heavy atom. The molecule has 29 heavy (non-hydrogen) atoms. The molecular formula is C21H24BrN3O3S. The van der Waals surface area contributed by atoms with Gasteiger partial charge in [-0.25, -0.2) is 0 Å². The summed E-state index contributed by atoms with van der Waals surface area (Å²) in [5.74, 6) is -0.190. The molecule has 0 saturated carbocycles. The van der Waals surface area contributed by atoms with E-state index in [-0.39, 0.29) is 16.6 Å². The van der Waals surface area contributed by atoms with Gasteiger partial charge in [-0.3, -0.25) is 14.9 Å². The highest BCUT2D eigenvalue weighted by atomic mass is 79.9. The molecule has 3 N–H and O–H groups in total. The first-order valence-corrected chi connectivity index (χ1v) is 10.3. The Hall–Kier alpha value is -2.45. The molecule has 0 aliphatic carbocycles. The number of para-hydroxylation sites is 1. The van der Waals surface area contributed by atoms with Crippen LogP contribution in [0.1, 0.15) is 48.4 Å². The number of rotatable bonds is 5. The number of thiocarbonyl (C=S) groups is 1. The van der Waals surface area contributed by atoms with Gasteiger partial charge in [0.2, 0.25) is 0 Å². The standard InChI is InChI=1S/C21H24BrN3O3S/c1-5-28-17-11-10-13(22)12-15(17)18(26)24-20(29)23-16-9-7-6-8-14(16)19(27)25-21(2,3)4/h6-12H,5H2,1-4H3,(H,25,27)(H2,23,24,26,29). The Morgan fingerprint density at radius 3 is 2.41 bits per heavy atom. The average Bonchev–Trinajstić information content (AvgIpc) is 2.62. The third-order valence-electron chi connectivity index (χ3n) is 3.62. The van der Waals surface area contributed by atoms with Crippen LogP contribution in [0.15, 0.2) is 46.9 Å². The average molecular weight is 478 g/mol. The first kappa shape index (κ1) is 22.8. The van der Waals surface area contributed by atoms with Gasteiger partial charge in [0.1, 0.15) is 5.75 Å². The van der Waals surface area contributed by atoms with Crippen LogP contribution < -0.4 is 20.7 Å². The molecular weight excluding hydrogens is 454 g/mol. The minimum atomic E-state index is -0.413. The van der Waals surface area contributed by atoms with Gasteiger partial charge in [0.05, 0.1) is 23.4 Å². The molecule has 8 heteroatoms. The lowest BCUT2D eigenvalue weighted by Gasteiger charge is -2.22. The van der Waals surface area contributed by atoms with Crippen LogP contribution in [0.25, 0.3) is 0 Å². The number of anilines is 1. The van der Waals surface area contributed by atoms with Gasteiger partial charge in [0, 0.05) is 10.0 Å². The second-order valence-electron chi connectivity index (χ2n) is 7.23. The molecule has 2 aromatic carbocycles. The first-order valence-electron chi connectivity index (χ1n) is 9.07. The van der Waals surface area contributed by atoms with Crippen LogP contribution in [0.2, 0.25) is 0 Å². The van der Waals surface area contributed by atoms with Crippen molar-refractivity contribution in [3.8, 4) is 5.75 Å². The summed E-state index contributed by atoms with van der Waals surface area (Å²) in [6.07, 6.45) is 0. The van der Waals surface area contributed by atoms with Gasteiger partial charge in [0.25, 0.3) is 11.8 Å². The van der Waals surface area contributed by atoms with Crippen LogP contribution in [-0.2, 0) is 0 Å². The van der Waals surface area contributed by atoms with Crippen molar-refractivity contribution in [1.29, 1.82) is 0 Å². The molecule has 0 aliphatic rings. The number of carbonyl (C=O) groups excluding carboxylic acids is 2. The number of nitrogens with one attached hydrogen (secondary N) is 3. The van der Waals surface area contributed by atoms with Crippen LogP contribution in [-0.4, -0.2) is 29.1 Å². The van der Waals surface area contributed by atoms with E-state index >= 15 is 0 Å². The van der Waals surface area contributed by atoms with Crippen molar-refractivity contribution >= 4 is 50.8 Å². The van der Waals surface area contributed by atoms with Gasteiger partial charge in [-0.2, -0.15) is 0 Å². The molecule has 154 valence electrons. The van der Waals surface area contributed by atoms with Crippen LogP contribution in [0.3, 0.4) is 0 Å². The van der Waals surface area contributed by atoms with Gasteiger partial charge < -0.3 is 15.4 Å². The van der Waals surface area contributed by atoms with Crippen molar-refractivity contribution in [3.63, 3.8) is 0 Å². The smallest absolute Gasteiger partial charge is 0.261 e. The largest absolute Gasteiger partial charge is 0.493 e. The van der Waals surface area contributed by atoms with Crippen LogP contribution >= 0.6 is 28.1 Å². The molecule has 2 aromatic rings. The third-order valence-corrected chi connectivity index (χ3v) is 4.32. The van der Waals surface area contributed by atoms with E-state index in [1.807, 2.05) is 27.7 Å². The van der Waals surface area contributed by atoms with Gasteiger partial charge >= 0.3 is 0 Å². The van der Waals surface area contributed by atoms with Crippen LogP contribution in [0.4, 0.5) is 5.69 Å². The molecule has 2 rings (SSSR count). The van der Waals surface area contributed by atoms with Crippen molar-refractivity contribution in [2.24, 2.45) is 0 Å². The Kier molecular flexibility index (Phi) is 7.75. The summed E-state index contributed by atoms with van der Waals surface area (Å²) >= 11 is 8.64. The Morgan fingerprint density at radius 2 is 1.76 bits per heavy atom. The Labute approximate surface area is 184 Å². The minimum absolute atomic E-state index is 0.0773. The number of carbonyl (C=O) groups is 2. The molecule has 0 aliphatic heterocycles. The van der Waals surface area contributed by atoms with E-state index in [2.05, 4.69) is 31.9 Å². The molecule has 0 saturated heterocycles. The molecule has 2 amide bonds. The quantitative estimate of drug-likeness (QED) is 0.552. The summed E-state index contributed by atoms with van der Waals surface area (Å²) < 4.78 is 6.26. The molecule has 0 unspecified atom stereocenters. The molecule has 0 fully saturated rings. The predicted molar refractivity (Wildman–Crippen MR) is 123 cm³/mol. The van der Waals surface area contributed by atoms with Gasteiger partial charge in [0.15, 0.2) is 5.11 Å². The lowest BCUT2D eigenvalue weighted by molar-refractivity contribution is 0.0919. The topological polar surface area (TPSA) is 79.5 Å². The maximum atomic E-state index is 12.7. The van der Waals surface area contributed by atoms with E-state index in [1.165, 1.54) is 0 Å². The fourth-order valence-electron chi connectivity index (χ4n) is 2.48. The number of amides is 2. The van der Waals surface area contributed by atoms with Crippen molar-refractivity contribution in [2.45, 2.75) is 33.2 Å². The molecule has 0 spiro atoms. The number of ether oxygens (including phenoxy) is 1. The predicted octanol–water partition coefficient (Wildman–Crippen LogP) is 4.50. The summed E-state index contributed by atoms with van der Waals surface area (Å²) in [6.45, 7) is 7.98. The summed E-state index contributed by atoms with van der Waals surface area (Å²) in [4.78, 5) is 25.2. The molecule has 0 heterocycles. The van der Waals surface area contributed by atoms with E-state index in [0.29, 0.717) is 29.2 Å². The second kappa shape index (κ2) is 9.84. The third kappa shape index (κ3) is 6.83. The maximum absolute atomic E-state index is 12.7. The highest BCUT2D eigenvalue weighted by Crippen LogP contribution is 2.23. The van der Waals surface area contributed by atoms with Crippen molar-refractivity contribution in [3.05, 3.63) is 58.1 Å². The lowest BCUT2D eigenvalue weighted by atomic mass is 10.1. The van der Waals surface area contributed by atoms with Crippen LogP contribution in [0, 0.1) is 0 Å². The molecule has 0 bridgehead atoms. The summed E-state index contributed by atoms with van der Waals surface area (Å²) in [6, 6.07) is 12.1. The fourth-order valence-corrected chi connectivity index (χ4v) is 3.05. The monoisotopic (exact) mass is 477 g/mol. The normalized spacial score (nSPS) is 10.8. The zero-order chi connectivity index (χ0) is 21.6. The van der Waals surface area contributed by atoms with Crippen LogP contribution in [0.5, 0.6) is 5.75 Å². The van der Waals surface area contributed by atoms with E-state index in [0.717, 1.165) is 4.47 Å². The molecule has 0 radical (unpaired) electrons. The Balaban J connectivity index is 2.15. The number of hydrogen-bond acceptors (Lipinski definition) is 4. The van der Waals surface area contributed by atoms with E-state index < -0.39 is 5.91 Å². The number of benzene rings is 2. The Bertz CT molecular complexity index is 926. The van der Waals surface area contributed by atoms with E-state index in [4.69, 9.17) is 17.0 Å². The summed E-state index contributed by atoms with van der Waals surface area (Å²) in [5.41, 5.74) is 0.898. The number of halogens is 1. The minimum Gasteiger partial charge on any atom is -0.493 e. The zero-order valence-corrected chi connectivity index (χ0v) is 19.2. The summed E-state index contributed by atoms with van der Waals surface area (Å²) in [7, 11) is 0. The molecule has 0 aromatic heterocycles. The summed E-state index contributed by atoms with van der Waals surface area (Å²) in [5, 5.41) is 8.55. The highest BCUT2D eigenvalue weighted by Gasteiger charge is 2.19. The fraction of sp³-hybridized carbons (Fsp3) is 0.286. The van der Waals surface area contributed by atoms with Gasteiger partial charge in [-0.05, 0) is 70.2 Å². The SMILES string of the molecule is CCOc1ccc(Br)cc1C(=O)NC(=S)Nc1ccccc1C(=O)NC(C)(C)C. The van der Waals surface area contributed by atoms with Gasteiger partial charge in [-0.15, -0.1) is 0 Å². The van der Waals surface area contributed by atoms with Crippen molar-refractivity contribution in [2.75, 3.05) is 11.9 Å². The molecule has 6 nitrogen and oxygen atoms in total. The van der Waals surface area contributed by atoms with Crippen molar-refractivity contribution in [1.82, 2.24) is 10.6 Å². The number of hydrogen-bond donors (Lipinski definition) is 3. The van der Waals surface area contributed by atoms with E-state index in [1.54, 1.807) is 42.5 Å². The van der Waals surface area contributed by atoms with E-state index in [9.17, 15) is 9.59 Å². The van der Waals surface area contributed by atoms with Crippen molar-refractivity contribution < 1.29 is 14.3 Å². The highest BCUT2D eigenvalue weighted by molar-refractivity contribution is 9.10. The maximum Gasteiger partial charge on any atom is 0.261 e. The molecule has 0 atom stereocenters. The first-order chi connectivity index (χ1) is 13.6. The van der Waals surface area contributed by atoms with Gasteiger partial charge in [-0.1, -0.05) is 28.1 Å². The second-order valence-corrected chi connectivity index (χ2v) is 8.56.